The highest BCUT2D eigenvalue weighted by Crippen LogP contribution is 2.44. The number of carbonyl (C=O) groups is 1. The van der Waals surface area contributed by atoms with Crippen LogP contribution >= 0.6 is 12.4 Å². The van der Waals surface area contributed by atoms with Gasteiger partial charge in [0, 0.05) is 31.6 Å². The Bertz CT molecular complexity index is 831. The van der Waals surface area contributed by atoms with Crippen LogP contribution in [0.1, 0.15) is 22.0 Å². The SMILES string of the molecule is COc1ccccc1C(=O)N1C[C@@H]2CN(C)[C@@H](c3cccc(F)c3)[C@@H]2C1.Cl. The summed E-state index contributed by atoms with van der Waals surface area (Å²) < 4.78 is 19.0. The van der Waals surface area contributed by atoms with Crippen molar-refractivity contribution in [3.8, 4) is 5.75 Å². The summed E-state index contributed by atoms with van der Waals surface area (Å²) in [7, 11) is 3.67. The van der Waals surface area contributed by atoms with E-state index in [1.165, 1.54) is 6.07 Å². The molecule has 0 aromatic heterocycles. The van der Waals surface area contributed by atoms with Gasteiger partial charge < -0.3 is 9.64 Å². The average Bonchev–Trinajstić information content (AvgIpc) is 3.17. The predicted octanol–water partition coefficient (Wildman–Crippen LogP) is 3.63. The van der Waals surface area contributed by atoms with Crippen molar-refractivity contribution >= 4 is 18.3 Å². The fourth-order valence-corrected chi connectivity index (χ4v) is 4.61. The summed E-state index contributed by atoms with van der Waals surface area (Å²) >= 11 is 0. The molecule has 3 atom stereocenters. The fourth-order valence-electron chi connectivity index (χ4n) is 4.61. The van der Waals surface area contributed by atoms with Gasteiger partial charge in [-0.3, -0.25) is 9.69 Å². The van der Waals surface area contributed by atoms with Crippen LogP contribution in [0, 0.1) is 17.7 Å². The number of benzene rings is 2. The number of halogens is 2. The van der Waals surface area contributed by atoms with Crippen LogP contribution in [0.3, 0.4) is 0 Å². The number of ether oxygens (including phenoxy) is 1. The third kappa shape index (κ3) is 3.54. The molecule has 1 amide bonds. The second kappa shape index (κ2) is 7.87. The van der Waals surface area contributed by atoms with Crippen LogP contribution in [0.2, 0.25) is 0 Å². The van der Waals surface area contributed by atoms with Crippen LogP contribution in [-0.4, -0.2) is 49.5 Å². The van der Waals surface area contributed by atoms with Crippen molar-refractivity contribution in [2.45, 2.75) is 6.04 Å². The molecule has 0 radical (unpaired) electrons. The van der Waals surface area contributed by atoms with E-state index in [-0.39, 0.29) is 30.2 Å². The Hall–Kier alpha value is -2.11. The van der Waals surface area contributed by atoms with Crippen molar-refractivity contribution in [2.24, 2.45) is 11.8 Å². The Morgan fingerprint density at radius 1 is 1.11 bits per heavy atom. The van der Waals surface area contributed by atoms with Gasteiger partial charge in [-0.15, -0.1) is 12.4 Å². The maximum atomic E-state index is 13.7. The molecule has 2 saturated heterocycles. The summed E-state index contributed by atoms with van der Waals surface area (Å²) in [6.07, 6.45) is 0. The molecule has 4 nitrogen and oxygen atoms in total. The van der Waals surface area contributed by atoms with Gasteiger partial charge in [-0.1, -0.05) is 24.3 Å². The number of rotatable bonds is 3. The van der Waals surface area contributed by atoms with E-state index >= 15 is 0 Å². The number of nitrogens with zero attached hydrogens (tertiary/aromatic N) is 2. The van der Waals surface area contributed by atoms with Gasteiger partial charge in [-0.25, -0.2) is 4.39 Å². The van der Waals surface area contributed by atoms with Gasteiger partial charge in [0.2, 0.25) is 0 Å². The Kier molecular flexibility index (Phi) is 5.72. The summed E-state index contributed by atoms with van der Waals surface area (Å²) in [4.78, 5) is 17.2. The normalized spacial score (nSPS) is 24.4. The zero-order valence-electron chi connectivity index (χ0n) is 15.5. The molecule has 2 aromatic rings. The molecule has 144 valence electrons. The molecule has 0 bridgehead atoms. The van der Waals surface area contributed by atoms with Crippen LogP contribution in [0.15, 0.2) is 48.5 Å². The molecule has 0 N–H and O–H groups in total. The maximum absolute atomic E-state index is 13.7. The number of hydrogen-bond donors (Lipinski definition) is 0. The predicted molar refractivity (Wildman–Crippen MR) is 105 cm³/mol. The van der Waals surface area contributed by atoms with Crippen LogP contribution in [0.25, 0.3) is 0 Å². The van der Waals surface area contributed by atoms with Gasteiger partial charge in [0.05, 0.1) is 12.7 Å². The quantitative estimate of drug-likeness (QED) is 0.802. The van der Waals surface area contributed by atoms with E-state index < -0.39 is 0 Å². The molecule has 0 saturated carbocycles. The number of fused-ring (bicyclic) bond motifs is 1. The molecule has 0 aliphatic carbocycles. The molecule has 0 unspecified atom stereocenters. The Morgan fingerprint density at radius 3 is 2.63 bits per heavy atom. The van der Waals surface area contributed by atoms with Crippen molar-refractivity contribution in [1.29, 1.82) is 0 Å². The maximum Gasteiger partial charge on any atom is 0.257 e. The second-order valence-corrected chi connectivity index (χ2v) is 7.27. The number of para-hydroxylation sites is 1. The monoisotopic (exact) mass is 390 g/mol. The Labute approximate surface area is 165 Å². The van der Waals surface area contributed by atoms with Gasteiger partial charge in [-0.05, 0) is 42.8 Å². The summed E-state index contributed by atoms with van der Waals surface area (Å²) in [5.41, 5.74) is 1.59. The fraction of sp³-hybridized carbons (Fsp3) is 0.381. The molecule has 2 aliphatic rings. The van der Waals surface area contributed by atoms with E-state index in [4.69, 9.17) is 4.74 Å². The van der Waals surface area contributed by atoms with Gasteiger partial charge in [0.1, 0.15) is 11.6 Å². The molecular weight excluding hydrogens is 367 g/mol. The van der Waals surface area contributed by atoms with Crippen molar-refractivity contribution < 1.29 is 13.9 Å². The third-order valence-corrected chi connectivity index (χ3v) is 5.71. The van der Waals surface area contributed by atoms with Gasteiger partial charge in [-0.2, -0.15) is 0 Å². The molecular formula is C21H24ClFN2O2. The number of likely N-dealkylation sites (tertiary alicyclic amines) is 2. The lowest BCUT2D eigenvalue weighted by Gasteiger charge is -2.27. The van der Waals surface area contributed by atoms with E-state index in [0.717, 1.165) is 18.7 Å². The lowest BCUT2D eigenvalue weighted by Crippen LogP contribution is -2.33. The molecule has 2 aliphatic heterocycles. The van der Waals surface area contributed by atoms with E-state index in [1.807, 2.05) is 35.2 Å². The summed E-state index contributed by atoms with van der Waals surface area (Å²) in [5.74, 6) is 1.14. The third-order valence-electron chi connectivity index (χ3n) is 5.71. The number of amides is 1. The first-order valence-corrected chi connectivity index (χ1v) is 8.96. The van der Waals surface area contributed by atoms with Crippen LogP contribution < -0.4 is 4.74 Å². The Morgan fingerprint density at radius 2 is 1.89 bits per heavy atom. The first kappa shape index (κ1) is 19.6. The zero-order chi connectivity index (χ0) is 18.3. The van der Waals surface area contributed by atoms with E-state index in [1.54, 1.807) is 19.2 Å². The lowest BCUT2D eigenvalue weighted by molar-refractivity contribution is 0.0764. The van der Waals surface area contributed by atoms with Crippen molar-refractivity contribution in [2.75, 3.05) is 33.8 Å². The van der Waals surface area contributed by atoms with Crippen molar-refractivity contribution in [3.05, 3.63) is 65.5 Å². The minimum absolute atomic E-state index is 0. The highest BCUT2D eigenvalue weighted by atomic mass is 35.5. The first-order chi connectivity index (χ1) is 12.6. The van der Waals surface area contributed by atoms with Gasteiger partial charge in [0.25, 0.3) is 5.91 Å². The van der Waals surface area contributed by atoms with E-state index in [9.17, 15) is 9.18 Å². The first-order valence-electron chi connectivity index (χ1n) is 8.96. The largest absolute Gasteiger partial charge is 0.496 e. The molecule has 2 heterocycles. The van der Waals surface area contributed by atoms with Crippen LogP contribution in [-0.2, 0) is 0 Å². The average molecular weight is 391 g/mol. The van der Waals surface area contributed by atoms with Crippen LogP contribution in [0.5, 0.6) is 5.75 Å². The van der Waals surface area contributed by atoms with Crippen LogP contribution in [0.4, 0.5) is 4.39 Å². The molecule has 6 heteroatoms. The standard InChI is InChI=1S/C21H23FN2O2.ClH/c1-23-11-15-12-24(21(25)17-8-3-4-9-19(17)26-2)13-18(15)20(23)14-6-5-7-16(22)10-14;/h3-10,15,18,20H,11-13H2,1-2H3;1H/t15-,18+,20-;/m0./s1. The highest BCUT2D eigenvalue weighted by Gasteiger charge is 2.47. The number of hydrogen-bond acceptors (Lipinski definition) is 3. The van der Waals surface area contributed by atoms with Crippen molar-refractivity contribution in [1.82, 2.24) is 9.80 Å². The zero-order valence-corrected chi connectivity index (χ0v) is 16.3. The van der Waals surface area contributed by atoms with Gasteiger partial charge >= 0.3 is 0 Å². The molecule has 27 heavy (non-hydrogen) atoms. The van der Waals surface area contributed by atoms with E-state index in [0.29, 0.717) is 29.7 Å². The minimum atomic E-state index is -0.209. The summed E-state index contributed by atoms with van der Waals surface area (Å²) in [6, 6.07) is 14.3. The lowest BCUT2D eigenvalue weighted by atomic mass is 9.89. The second-order valence-electron chi connectivity index (χ2n) is 7.27. The summed E-state index contributed by atoms with van der Waals surface area (Å²) in [5, 5.41) is 0. The van der Waals surface area contributed by atoms with E-state index in [2.05, 4.69) is 11.9 Å². The topological polar surface area (TPSA) is 32.8 Å². The molecule has 0 spiro atoms. The summed E-state index contributed by atoms with van der Waals surface area (Å²) in [6.45, 7) is 2.34. The van der Waals surface area contributed by atoms with Gasteiger partial charge in [0.15, 0.2) is 0 Å². The Balaban J connectivity index is 0.00000210. The number of carbonyl (C=O) groups excluding carboxylic acids is 1. The smallest absolute Gasteiger partial charge is 0.257 e. The highest BCUT2D eigenvalue weighted by molar-refractivity contribution is 5.97. The molecule has 2 aromatic carbocycles. The molecule has 4 rings (SSSR count). The minimum Gasteiger partial charge on any atom is -0.496 e. The number of methoxy groups -OCH3 is 1. The van der Waals surface area contributed by atoms with Crippen molar-refractivity contribution in [3.63, 3.8) is 0 Å². The molecule has 2 fully saturated rings.